The molecule has 0 rings (SSSR count). The van der Waals surface area contributed by atoms with E-state index < -0.39 is 0 Å². The van der Waals surface area contributed by atoms with Gasteiger partial charge in [0.1, 0.15) is 0 Å². The van der Waals surface area contributed by atoms with Crippen molar-refractivity contribution < 1.29 is 0 Å². The zero-order chi connectivity index (χ0) is 4.99. The molecule has 0 aromatic heterocycles. The maximum absolute atomic E-state index is 4.66. The van der Waals surface area contributed by atoms with E-state index in [1.165, 1.54) is 0 Å². The Balaban J connectivity index is 2.75. The molecular formula is C4H8S2. The molecule has 0 aromatic carbocycles. The summed E-state index contributed by atoms with van der Waals surface area (Å²) < 4.78 is 0. The van der Waals surface area contributed by atoms with Crippen LogP contribution in [0.2, 0.25) is 0 Å². The lowest BCUT2D eigenvalue weighted by atomic mass is 10.4. The van der Waals surface area contributed by atoms with Crippen LogP contribution in [0.5, 0.6) is 0 Å². The zero-order valence-electron chi connectivity index (χ0n) is 3.55. The average molecular weight is 120 g/mol. The number of rotatable bonds is 2. The van der Waals surface area contributed by atoms with Crippen LogP contribution < -0.4 is 0 Å². The highest BCUT2D eigenvalue weighted by Crippen LogP contribution is 1.99. The molecule has 6 heavy (non-hydrogen) atoms. The second-order valence-corrected chi connectivity index (χ2v) is 2.17. The van der Waals surface area contributed by atoms with Crippen molar-refractivity contribution in [2.24, 2.45) is 0 Å². The van der Waals surface area contributed by atoms with E-state index in [-0.39, 0.29) is 0 Å². The Morgan fingerprint density at radius 1 is 1.83 bits per heavy atom. The minimum Gasteiger partial charge on any atom is -0.175 e. The number of hydrogen-bond acceptors (Lipinski definition) is 1. The molecule has 0 amide bonds. The normalized spacial score (nSPS) is 14.5. The lowest BCUT2D eigenvalue weighted by Crippen LogP contribution is -1.95. The summed E-state index contributed by atoms with van der Waals surface area (Å²) in [5.74, 6) is 0.715. The largest absolute Gasteiger partial charge is 0.175 e. The van der Waals surface area contributed by atoms with Crippen LogP contribution >= 0.6 is 25.3 Å². The minimum atomic E-state index is 0.333. The molecule has 1 unspecified atom stereocenters. The van der Waals surface area contributed by atoms with E-state index in [0.717, 1.165) is 6.42 Å². The summed E-state index contributed by atoms with van der Waals surface area (Å²) in [4.78, 5) is 0. The van der Waals surface area contributed by atoms with Crippen molar-refractivity contribution in [2.45, 2.75) is 11.7 Å². The first-order chi connectivity index (χ1) is 2.81. The third-order valence-electron chi connectivity index (χ3n) is 0.526. The molecule has 2 radical (unpaired) electrons. The van der Waals surface area contributed by atoms with Crippen LogP contribution in [0.3, 0.4) is 0 Å². The molecule has 0 saturated carbocycles. The molecule has 0 spiro atoms. The lowest BCUT2D eigenvalue weighted by molar-refractivity contribution is 1.00. The highest BCUT2D eigenvalue weighted by Gasteiger charge is 1.91. The van der Waals surface area contributed by atoms with Gasteiger partial charge in [0.25, 0.3) is 0 Å². The molecule has 0 heterocycles. The molecular weight excluding hydrogens is 112 g/mol. The van der Waals surface area contributed by atoms with Crippen LogP contribution in [0.25, 0.3) is 0 Å². The first kappa shape index (κ1) is 6.70. The Hall–Kier alpha value is 0.700. The van der Waals surface area contributed by atoms with E-state index >= 15 is 0 Å². The molecule has 0 saturated heterocycles. The molecule has 0 bridgehead atoms. The van der Waals surface area contributed by atoms with E-state index in [1.54, 1.807) is 0 Å². The molecule has 0 aliphatic rings. The van der Waals surface area contributed by atoms with Gasteiger partial charge in [0.15, 0.2) is 0 Å². The van der Waals surface area contributed by atoms with Crippen molar-refractivity contribution in [1.29, 1.82) is 0 Å². The van der Waals surface area contributed by atoms with Crippen LogP contribution in [0, 0.1) is 6.92 Å². The van der Waals surface area contributed by atoms with Gasteiger partial charge in [-0.25, -0.2) is 0 Å². The molecule has 0 aliphatic heterocycles. The van der Waals surface area contributed by atoms with Gasteiger partial charge in [0.05, 0.1) is 0 Å². The Morgan fingerprint density at radius 2 is 2.33 bits per heavy atom. The maximum Gasteiger partial charge on any atom is 0.0154 e. The zero-order valence-corrected chi connectivity index (χ0v) is 5.27. The molecule has 0 aromatic rings. The third-order valence-corrected chi connectivity index (χ3v) is 1.62. The van der Waals surface area contributed by atoms with Gasteiger partial charge in [-0.05, 0) is 6.42 Å². The molecule has 36 valence electrons. The maximum atomic E-state index is 4.66. The monoisotopic (exact) mass is 120 g/mol. The van der Waals surface area contributed by atoms with E-state index in [2.05, 4.69) is 32.2 Å². The summed E-state index contributed by atoms with van der Waals surface area (Å²) in [5.41, 5.74) is 0. The van der Waals surface area contributed by atoms with Gasteiger partial charge in [-0.3, -0.25) is 0 Å². The highest BCUT2D eigenvalue weighted by molar-refractivity contribution is 7.84. The molecule has 0 fully saturated rings. The van der Waals surface area contributed by atoms with Crippen molar-refractivity contribution in [2.75, 3.05) is 5.75 Å². The lowest BCUT2D eigenvalue weighted by Gasteiger charge is -1.96. The van der Waals surface area contributed by atoms with Gasteiger partial charge in [-0.1, -0.05) is 19.6 Å². The van der Waals surface area contributed by atoms with Gasteiger partial charge < -0.3 is 0 Å². The van der Waals surface area contributed by atoms with E-state index in [1.807, 2.05) is 0 Å². The molecule has 2 heteroatoms. The van der Waals surface area contributed by atoms with Gasteiger partial charge in [-0.2, -0.15) is 12.6 Å². The van der Waals surface area contributed by atoms with Crippen molar-refractivity contribution in [3.63, 3.8) is 0 Å². The van der Waals surface area contributed by atoms with Crippen LogP contribution in [0.15, 0.2) is 0 Å². The van der Waals surface area contributed by atoms with Crippen molar-refractivity contribution in [3.8, 4) is 0 Å². The first-order valence-corrected chi connectivity index (χ1v) is 2.96. The predicted octanol–water partition coefficient (Wildman–Crippen LogP) is 1.71. The van der Waals surface area contributed by atoms with Crippen molar-refractivity contribution in [3.05, 3.63) is 6.92 Å². The second-order valence-electron chi connectivity index (χ2n) is 1.11. The Kier molecular flexibility index (Phi) is 4.33. The molecule has 0 aliphatic carbocycles. The van der Waals surface area contributed by atoms with E-state index in [4.69, 9.17) is 0 Å². The molecule has 1 atom stereocenters. The summed E-state index contributed by atoms with van der Waals surface area (Å²) in [6, 6.07) is 0. The van der Waals surface area contributed by atoms with Crippen LogP contribution in [-0.4, -0.2) is 11.0 Å². The summed E-state index contributed by atoms with van der Waals surface area (Å²) in [7, 11) is 0. The smallest absolute Gasteiger partial charge is 0.0154 e. The highest BCUT2D eigenvalue weighted by atomic mass is 32.1. The predicted molar refractivity (Wildman–Crippen MR) is 35.2 cm³/mol. The SMILES string of the molecule is [CH2]CC(S)C[S]. The summed E-state index contributed by atoms with van der Waals surface area (Å²) in [5, 5.41) is 0.333. The minimum absolute atomic E-state index is 0.333. The number of thiol groups is 1. The van der Waals surface area contributed by atoms with Gasteiger partial charge in [0.2, 0.25) is 0 Å². The Morgan fingerprint density at radius 3 is 2.33 bits per heavy atom. The second kappa shape index (κ2) is 3.88. The average Bonchev–Trinajstić information content (AvgIpc) is 1.65. The summed E-state index contributed by atoms with van der Waals surface area (Å²) >= 11 is 8.72. The summed E-state index contributed by atoms with van der Waals surface area (Å²) in [6.45, 7) is 3.61. The molecule has 0 nitrogen and oxygen atoms in total. The first-order valence-electron chi connectivity index (χ1n) is 1.86. The van der Waals surface area contributed by atoms with E-state index in [0.29, 0.717) is 11.0 Å². The van der Waals surface area contributed by atoms with Gasteiger partial charge >= 0.3 is 0 Å². The quantitative estimate of drug-likeness (QED) is 0.527. The Bertz CT molecular complexity index is 24.7. The fourth-order valence-electron chi connectivity index (χ4n) is 0.0833. The fraction of sp³-hybridized carbons (Fsp3) is 0.750. The van der Waals surface area contributed by atoms with Crippen molar-refractivity contribution in [1.82, 2.24) is 0 Å². The summed E-state index contributed by atoms with van der Waals surface area (Å²) in [6.07, 6.45) is 0.840. The topological polar surface area (TPSA) is 0 Å². The number of hydrogen-bond donors (Lipinski definition) is 1. The standard InChI is InChI=1S/C4H8S2/c1-2-4(6)3-5/h4,6H,1-3H2. The van der Waals surface area contributed by atoms with Crippen LogP contribution in [0.1, 0.15) is 6.42 Å². The van der Waals surface area contributed by atoms with E-state index in [9.17, 15) is 0 Å². The van der Waals surface area contributed by atoms with Gasteiger partial charge in [0, 0.05) is 11.0 Å². The fourth-order valence-corrected chi connectivity index (χ4v) is 0.250. The van der Waals surface area contributed by atoms with Gasteiger partial charge in [-0.15, -0.1) is 0 Å². The van der Waals surface area contributed by atoms with Crippen molar-refractivity contribution >= 4 is 25.3 Å². The Labute approximate surface area is 50.1 Å². The molecule has 0 N–H and O–H groups in total. The van der Waals surface area contributed by atoms with Crippen LogP contribution in [0.4, 0.5) is 0 Å². The third kappa shape index (κ3) is 2.91. The van der Waals surface area contributed by atoms with Crippen LogP contribution in [-0.2, 0) is 0 Å².